The summed E-state index contributed by atoms with van der Waals surface area (Å²) in [5, 5.41) is 0. The molecule has 0 atom stereocenters. The molecule has 0 saturated heterocycles. The van der Waals surface area contributed by atoms with Crippen molar-refractivity contribution in [1.29, 1.82) is 0 Å². The third-order valence-electron chi connectivity index (χ3n) is 3.85. The van der Waals surface area contributed by atoms with Crippen molar-refractivity contribution >= 4 is 11.6 Å². The lowest BCUT2D eigenvalue weighted by Crippen LogP contribution is -2.24. The number of aromatic nitrogens is 2. The Morgan fingerprint density at radius 2 is 1.90 bits per heavy atom. The highest BCUT2D eigenvalue weighted by Gasteiger charge is 2.36. The summed E-state index contributed by atoms with van der Waals surface area (Å²) in [5.41, 5.74) is 3.39. The Bertz CT molecular complexity index is 741. The van der Waals surface area contributed by atoms with Gasteiger partial charge < -0.3 is 4.57 Å². The summed E-state index contributed by atoms with van der Waals surface area (Å²) < 4.78 is 1.87. The van der Waals surface area contributed by atoms with Gasteiger partial charge in [-0.25, -0.2) is 4.98 Å². The van der Waals surface area contributed by atoms with Crippen molar-refractivity contribution in [2.24, 2.45) is 0 Å². The zero-order chi connectivity index (χ0) is 14.4. The van der Waals surface area contributed by atoms with Gasteiger partial charge in [0.2, 0.25) is 5.78 Å². The third kappa shape index (κ3) is 1.51. The fourth-order valence-corrected chi connectivity index (χ4v) is 2.92. The number of carbonyl (C=O) groups is 2. The van der Waals surface area contributed by atoms with Crippen molar-refractivity contribution in [2.75, 3.05) is 0 Å². The molecular formula is C16H16N2O2. The standard InChI is InChI=1S/C16H16N2O2/c1-4-11-17-13-12-9(3)7-6-8-10(12)15(19)16(20)14(13)18(11)5-2/h6-8H,4-5H2,1-3H3. The highest BCUT2D eigenvalue weighted by molar-refractivity contribution is 6.52. The Kier molecular flexibility index (Phi) is 2.82. The minimum atomic E-state index is -0.438. The highest BCUT2D eigenvalue weighted by Crippen LogP contribution is 2.35. The molecule has 20 heavy (non-hydrogen) atoms. The molecule has 0 N–H and O–H groups in total. The van der Waals surface area contributed by atoms with E-state index in [4.69, 9.17) is 0 Å². The van der Waals surface area contributed by atoms with Crippen LogP contribution in [0.3, 0.4) is 0 Å². The van der Waals surface area contributed by atoms with Crippen molar-refractivity contribution in [3.8, 4) is 11.3 Å². The largest absolute Gasteiger partial charge is 0.325 e. The molecule has 0 spiro atoms. The summed E-state index contributed by atoms with van der Waals surface area (Å²) in [7, 11) is 0. The predicted octanol–water partition coefficient (Wildman–Crippen LogP) is 2.82. The predicted molar refractivity (Wildman–Crippen MR) is 76.1 cm³/mol. The van der Waals surface area contributed by atoms with Gasteiger partial charge in [0.15, 0.2) is 0 Å². The molecule has 2 aromatic rings. The quantitative estimate of drug-likeness (QED) is 0.787. The SMILES string of the molecule is CCc1nc2c(n1CC)C(=O)C(=O)c1cccc(C)c1-2. The van der Waals surface area contributed by atoms with E-state index in [1.165, 1.54) is 0 Å². The minimum Gasteiger partial charge on any atom is -0.325 e. The molecule has 1 aromatic carbocycles. The molecule has 0 unspecified atom stereocenters. The van der Waals surface area contributed by atoms with Crippen LogP contribution in [0.4, 0.5) is 0 Å². The van der Waals surface area contributed by atoms with E-state index >= 15 is 0 Å². The molecule has 3 rings (SSSR count). The van der Waals surface area contributed by atoms with Crippen LogP contribution in [0.1, 0.15) is 46.1 Å². The number of rotatable bonds is 2. The maximum absolute atomic E-state index is 12.4. The zero-order valence-electron chi connectivity index (χ0n) is 11.9. The Hall–Kier alpha value is -2.23. The molecular weight excluding hydrogens is 252 g/mol. The fraction of sp³-hybridized carbons (Fsp3) is 0.312. The molecule has 0 amide bonds. The van der Waals surface area contributed by atoms with Gasteiger partial charge in [-0.05, 0) is 19.4 Å². The molecule has 4 heteroatoms. The first-order valence-electron chi connectivity index (χ1n) is 6.88. The second-order valence-electron chi connectivity index (χ2n) is 4.98. The first-order chi connectivity index (χ1) is 9.60. The lowest BCUT2D eigenvalue weighted by Gasteiger charge is -2.17. The molecule has 1 heterocycles. The zero-order valence-corrected chi connectivity index (χ0v) is 11.9. The second-order valence-corrected chi connectivity index (χ2v) is 4.98. The molecule has 0 radical (unpaired) electrons. The van der Waals surface area contributed by atoms with Crippen LogP contribution in [0.25, 0.3) is 11.3 Å². The van der Waals surface area contributed by atoms with Crippen LogP contribution in [-0.2, 0) is 13.0 Å². The van der Waals surface area contributed by atoms with E-state index in [0.29, 0.717) is 23.5 Å². The van der Waals surface area contributed by atoms with Crippen LogP contribution in [0, 0.1) is 6.92 Å². The third-order valence-corrected chi connectivity index (χ3v) is 3.85. The van der Waals surface area contributed by atoms with E-state index in [-0.39, 0.29) is 0 Å². The van der Waals surface area contributed by atoms with E-state index in [9.17, 15) is 9.59 Å². The number of nitrogens with zero attached hydrogens (tertiary/aromatic N) is 2. The number of carbonyl (C=O) groups excluding carboxylic acids is 2. The molecule has 1 aromatic heterocycles. The monoisotopic (exact) mass is 268 g/mol. The smallest absolute Gasteiger partial charge is 0.252 e. The molecule has 4 nitrogen and oxygen atoms in total. The molecule has 0 bridgehead atoms. The normalized spacial score (nSPS) is 13.3. The second kappa shape index (κ2) is 4.40. The van der Waals surface area contributed by atoms with Gasteiger partial charge in [0.1, 0.15) is 17.2 Å². The summed E-state index contributed by atoms with van der Waals surface area (Å²) in [4.78, 5) is 29.3. The van der Waals surface area contributed by atoms with Gasteiger partial charge >= 0.3 is 0 Å². The van der Waals surface area contributed by atoms with Gasteiger partial charge in [0.25, 0.3) is 5.78 Å². The van der Waals surface area contributed by atoms with Crippen molar-refractivity contribution in [3.05, 3.63) is 40.8 Å². The van der Waals surface area contributed by atoms with Crippen LogP contribution in [0.2, 0.25) is 0 Å². The first kappa shape index (κ1) is 12.8. The average molecular weight is 268 g/mol. The van der Waals surface area contributed by atoms with Crippen molar-refractivity contribution in [1.82, 2.24) is 9.55 Å². The summed E-state index contributed by atoms with van der Waals surface area (Å²) in [5.74, 6) is -0.00430. The van der Waals surface area contributed by atoms with Crippen LogP contribution in [0.15, 0.2) is 18.2 Å². The number of fused-ring (bicyclic) bond motifs is 3. The Balaban J connectivity index is 2.42. The van der Waals surface area contributed by atoms with E-state index < -0.39 is 11.6 Å². The van der Waals surface area contributed by atoms with Gasteiger partial charge in [-0.15, -0.1) is 0 Å². The van der Waals surface area contributed by atoms with E-state index in [2.05, 4.69) is 4.98 Å². The minimum absolute atomic E-state index is 0.423. The summed E-state index contributed by atoms with van der Waals surface area (Å²) in [6, 6.07) is 5.46. The molecule has 0 aliphatic heterocycles. The van der Waals surface area contributed by atoms with Crippen LogP contribution < -0.4 is 0 Å². The lowest BCUT2D eigenvalue weighted by atomic mass is 9.87. The molecule has 0 saturated carbocycles. The summed E-state index contributed by atoms with van der Waals surface area (Å²) >= 11 is 0. The van der Waals surface area contributed by atoms with Gasteiger partial charge in [0.05, 0.1) is 0 Å². The van der Waals surface area contributed by atoms with Crippen LogP contribution >= 0.6 is 0 Å². The lowest BCUT2D eigenvalue weighted by molar-refractivity contribution is 0.0809. The van der Waals surface area contributed by atoms with Gasteiger partial charge in [-0.2, -0.15) is 0 Å². The number of hydrogen-bond donors (Lipinski definition) is 0. The van der Waals surface area contributed by atoms with Crippen LogP contribution in [-0.4, -0.2) is 21.1 Å². The Labute approximate surface area is 117 Å². The van der Waals surface area contributed by atoms with Crippen molar-refractivity contribution in [2.45, 2.75) is 33.7 Å². The highest BCUT2D eigenvalue weighted by atomic mass is 16.2. The number of hydrogen-bond acceptors (Lipinski definition) is 3. The van der Waals surface area contributed by atoms with Crippen molar-refractivity contribution in [3.63, 3.8) is 0 Å². The Morgan fingerprint density at radius 3 is 2.55 bits per heavy atom. The Morgan fingerprint density at radius 1 is 1.15 bits per heavy atom. The van der Waals surface area contributed by atoms with Gasteiger partial charge in [0, 0.05) is 24.1 Å². The number of ketones is 2. The first-order valence-corrected chi connectivity index (χ1v) is 6.88. The fourth-order valence-electron chi connectivity index (χ4n) is 2.92. The van der Waals surface area contributed by atoms with Crippen LogP contribution in [0.5, 0.6) is 0 Å². The van der Waals surface area contributed by atoms with Crippen molar-refractivity contribution < 1.29 is 9.59 Å². The van der Waals surface area contributed by atoms with E-state index in [1.807, 2.05) is 37.5 Å². The molecule has 1 aliphatic rings. The summed E-state index contributed by atoms with van der Waals surface area (Å²) in [6.45, 7) is 6.56. The maximum atomic E-state index is 12.4. The van der Waals surface area contributed by atoms with E-state index in [0.717, 1.165) is 23.4 Å². The number of Topliss-reactive ketones (excluding diaryl/α,β-unsaturated/α-hetero) is 2. The molecule has 0 fully saturated rings. The number of benzene rings is 1. The van der Waals surface area contributed by atoms with Gasteiger partial charge in [-0.3, -0.25) is 9.59 Å². The van der Waals surface area contributed by atoms with E-state index in [1.54, 1.807) is 6.07 Å². The average Bonchev–Trinajstić information content (AvgIpc) is 2.83. The number of aryl methyl sites for hydroxylation is 2. The molecule has 102 valence electrons. The summed E-state index contributed by atoms with van der Waals surface area (Å²) in [6.07, 6.45) is 0.740. The molecule has 1 aliphatic carbocycles. The van der Waals surface area contributed by atoms with Gasteiger partial charge in [-0.1, -0.05) is 25.1 Å². The topological polar surface area (TPSA) is 52.0 Å². The number of imidazole rings is 1. The maximum Gasteiger partial charge on any atom is 0.252 e.